The zero-order valence-electron chi connectivity index (χ0n) is 9.65. The fourth-order valence-electron chi connectivity index (χ4n) is 1.58. The first-order valence-electron chi connectivity index (χ1n) is 5.39. The molecule has 0 spiro atoms. The zero-order chi connectivity index (χ0) is 12.0. The Morgan fingerprint density at radius 2 is 2.19 bits per heavy atom. The van der Waals surface area contributed by atoms with Crippen LogP contribution in [0.2, 0.25) is 0 Å². The Hall–Kier alpha value is -1.54. The van der Waals surface area contributed by atoms with Gasteiger partial charge in [0.15, 0.2) is 0 Å². The first kappa shape index (κ1) is 12.5. The minimum Gasteiger partial charge on any atom is -0.496 e. The van der Waals surface area contributed by atoms with Crippen molar-refractivity contribution >= 4 is 0 Å². The third kappa shape index (κ3) is 2.97. The molecule has 1 aromatic rings. The molecule has 2 nitrogen and oxygen atoms in total. The molecule has 0 aromatic heterocycles. The summed E-state index contributed by atoms with van der Waals surface area (Å²) in [7, 11) is 0. The third-order valence-electron chi connectivity index (χ3n) is 2.35. The van der Waals surface area contributed by atoms with E-state index in [0.717, 1.165) is 17.5 Å². The van der Waals surface area contributed by atoms with E-state index >= 15 is 0 Å². The molecular formula is C14H18O2. The number of rotatable bonds is 6. The van der Waals surface area contributed by atoms with E-state index in [1.54, 1.807) is 0 Å². The van der Waals surface area contributed by atoms with Crippen LogP contribution in [0.1, 0.15) is 24.2 Å². The first-order valence-corrected chi connectivity index (χ1v) is 5.39. The van der Waals surface area contributed by atoms with Crippen molar-refractivity contribution in [2.45, 2.75) is 19.4 Å². The fourth-order valence-corrected chi connectivity index (χ4v) is 1.58. The van der Waals surface area contributed by atoms with Gasteiger partial charge in [-0.15, -0.1) is 6.58 Å². The number of benzene rings is 1. The van der Waals surface area contributed by atoms with Gasteiger partial charge in [0.05, 0.1) is 6.61 Å². The summed E-state index contributed by atoms with van der Waals surface area (Å²) < 4.78 is 5.22. The summed E-state index contributed by atoms with van der Waals surface area (Å²) in [6.45, 7) is 9.81. The molecule has 1 rings (SSSR count). The van der Waals surface area contributed by atoms with Crippen molar-refractivity contribution in [3.05, 3.63) is 60.4 Å². The number of aliphatic hydroxyl groups excluding tert-OH is 1. The molecule has 86 valence electrons. The molecule has 0 saturated carbocycles. The van der Waals surface area contributed by atoms with Crippen LogP contribution in [0.3, 0.4) is 0 Å². The average molecular weight is 218 g/mol. The summed E-state index contributed by atoms with van der Waals surface area (Å²) in [4.78, 5) is 0. The van der Waals surface area contributed by atoms with E-state index in [0.29, 0.717) is 12.4 Å². The minimum atomic E-state index is -0.768. The molecule has 2 heteroatoms. The molecule has 1 aromatic carbocycles. The van der Waals surface area contributed by atoms with Crippen molar-refractivity contribution < 1.29 is 9.84 Å². The largest absolute Gasteiger partial charge is 0.496 e. The van der Waals surface area contributed by atoms with Gasteiger partial charge < -0.3 is 9.84 Å². The Morgan fingerprint density at radius 1 is 1.50 bits per heavy atom. The molecule has 0 amide bonds. The molecule has 0 aliphatic heterocycles. The van der Waals surface area contributed by atoms with Crippen molar-refractivity contribution in [1.29, 1.82) is 0 Å². The summed E-state index contributed by atoms with van der Waals surface area (Å²) >= 11 is 0. The van der Waals surface area contributed by atoms with E-state index < -0.39 is 6.10 Å². The number of aliphatic hydroxyl groups is 1. The molecule has 0 bridgehead atoms. The van der Waals surface area contributed by atoms with Gasteiger partial charge in [-0.2, -0.15) is 0 Å². The lowest BCUT2D eigenvalue weighted by molar-refractivity contribution is 0.109. The molecule has 0 saturated heterocycles. The van der Waals surface area contributed by atoms with Gasteiger partial charge in [0, 0.05) is 0 Å². The van der Waals surface area contributed by atoms with Crippen LogP contribution in [-0.2, 0) is 11.2 Å². The first-order chi connectivity index (χ1) is 7.70. The number of allylic oxidation sites excluding steroid dienone is 1. The van der Waals surface area contributed by atoms with Gasteiger partial charge in [0.1, 0.15) is 11.9 Å². The van der Waals surface area contributed by atoms with Crippen LogP contribution in [0.25, 0.3) is 0 Å². The predicted octanol–water partition coefficient (Wildman–Crippen LogP) is 3.00. The Bertz CT molecular complexity index is 369. The highest BCUT2D eigenvalue weighted by atomic mass is 16.5. The quantitative estimate of drug-likeness (QED) is 0.587. The second-order valence-corrected chi connectivity index (χ2v) is 3.49. The molecule has 1 unspecified atom stereocenters. The Balaban J connectivity index is 2.93. The maximum Gasteiger partial charge on any atom is 0.136 e. The van der Waals surface area contributed by atoms with Gasteiger partial charge in [-0.3, -0.25) is 0 Å². The van der Waals surface area contributed by atoms with Crippen LogP contribution in [-0.4, -0.2) is 11.7 Å². The Labute approximate surface area is 96.9 Å². The second-order valence-electron chi connectivity index (χ2n) is 3.49. The highest BCUT2D eigenvalue weighted by Gasteiger charge is 2.15. The van der Waals surface area contributed by atoms with Gasteiger partial charge in [-0.05, 0) is 24.5 Å². The van der Waals surface area contributed by atoms with Crippen molar-refractivity contribution in [3.63, 3.8) is 0 Å². The molecule has 0 heterocycles. The van der Waals surface area contributed by atoms with Crippen LogP contribution in [0, 0.1) is 0 Å². The zero-order valence-corrected chi connectivity index (χ0v) is 9.65. The number of hydrogen-bond donors (Lipinski definition) is 1. The standard InChI is InChI=1S/C14H18O2/c1-4-8-12-9-6-7-10-13(12)14(15)11(3)16-5-2/h4,6-7,9-10,14-15H,1,3,5,8H2,2H3. The molecule has 1 atom stereocenters. The molecule has 0 aliphatic carbocycles. The topological polar surface area (TPSA) is 29.5 Å². The Kier molecular flexibility index (Phi) is 4.80. The molecule has 0 radical (unpaired) electrons. The molecule has 1 N–H and O–H groups in total. The smallest absolute Gasteiger partial charge is 0.136 e. The van der Waals surface area contributed by atoms with Gasteiger partial charge in [0.2, 0.25) is 0 Å². The van der Waals surface area contributed by atoms with Gasteiger partial charge in [0.25, 0.3) is 0 Å². The number of hydrogen-bond acceptors (Lipinski definition) is 2. The second kappa shape index (κ2) is 6.13. The van der Waals surface area contributed by atoms with Gasteiger partial charge in [-0.1, -0.05) is 36.9 Å². The summed E-state index contributed by atoms with van der Waals surface area (Å²) in [6, 6.07) is 7.69. The van der Waals surface area contributed by atoms with Crippen LogP contribution in [0.15, 0.2) is 49.3 Å². The van der Waals surface area contributed by atoms with Gasteiger partial charge >= 0.3 is 0 Å². The van der Waals surface area contributed by atoms with Crippen molar-refractivity contribution in [2.75, 3.05) is 6.61 Å². The minimum absolute atomic E-state index is 0.388. The predicted molar refractivity (Wildman–Crippen MR) is 66.1 cm³/mol. The van der Waals surface area contributed by atoms with E-state index in [4.69, 9.17) is 4.74 Å². The lowest BCUT2D eigenvalue weighted by atomic mass is 9.99. The van der Waals surface area contributed by atoms with Crippen LogP contribution in [0.4, 0.5) is 0 Å². The van der Waals surface area contributed by atoms with E-state index in [9.17, 15) is 5.11 Å². The van der Waals surface area contributed by atoms with E-state index in [1.165, 1.54) is 0 Å². The SMILES string of the molecule is C=CCc1ccccc1C(O)C(=C)OCC. The van der Waals surface area contributed by atoms with Crippen LogP contribution in [0.5, 0.6) is 0 Å². The van der Waals surface area contributed by atoms with E-state index in [1.807, 2.05) is 37.3 Å². The number of ether oxygens (including phenoxy) is 1. The van der Waals surface area contributed by atoms with Crippen molar-refractivity contribution in [2.24, 2.45) is 0 Å². The molecule has 16 heavy (non-hydrogen) atoms. The summed E-state index contributed by atoms with van der Waals surface area (Å²) in [5.41, 5.74) is 1.88. The highest BCUT2D eigenvalue weighted by molar-refractivity contribution is 5.33. The molecule has 0 fully saturated rings. The average Bonchev–Trinajstić information content (AvgIpc) is 2.29. The van der Waals surface area contributed by atoms with Gasteiger partial charge in [-0.25, -0.2) is 0 Å². The summed E-state index contributed by atoms with van der Waals surface area (Å²) in [5.74, 6) is 0.388. The third-order valence-corrected chi connectivity index (χ3v) is 2.35. The Morgan fingerprint density at radius 3 is 2.81 bits per heavy atom. The fraction of sp³-hybridized carbons (Fsp3) is 0.286. The normalized spacial score (nSPS) is 11.9. The monoisotopic (exact) mass is 218 g/mol. The van der Waals surface area contributed by atoms with Crippen LogP contribution >= 0.6 is 0 Å². The summed E-state index contributed by atoms with van der Waals surface area (Å²) in [6.07, 6.45) is 1.78. The maximum absolute atomic E-state index is 10.1. The lowest BCUT2D eigenvalue weighted by Crippen LogP contribution is -2.06. The molecular weight excluding hydrogens is 200 g/mol. The lowest BCUT2D eigenvalue weighted by Gasteiger charge is -2.17. The van der Waals surface area contributed by atoms with E-state index in [-0.39, 0.29) is 0 Å². The van der Waals surface area contributed by atoms with Crippen molar-refractivity contribution in [1.82, 2.24) is 0 Å². The maximum atomic E-state index is 10.1. The van der Waals surface area contributed by atoms with Crippen molar-refractivity contribution in [3.8, 4) is 0 Å². The van der Waals surface area contributed by atoms with E-state index in [2.05, 4.69) is 13.2 Å². The summed E-state index contributed by atoms with van der Waals surface area (Å²) in [5, 5.41) is 10.1. The highest BCUT2D eigenvalue weighted by Crippen LogP contribution is 2.24. The van der Waals surface area contributed by atoms with Crippen LogP contribution < -0.4 is 0 Å². The molecule has 0 aliphatic rings.